The maximum absolute atomic E-state index is 12.8. The van der Waals surface area contributed by atoms with Crippen LogP contribution in [0.15, 0.2) is 59.1 Å². The zero-order valence-electron chi connectivity index (χ0n) is 13.3. The van der Waals surface area contributed by atoms with Gasteiger partial charge in [0.15, 0.2) is 5.78 Å². The normalized spacial score (nSPS) is 12.2. The van der Waals surface area contributed by atoms with Crippen LogP contribution in [0.3, 0.4) is 0 Å². The SMILES string of the molecule is O=C(CCC(C#Cc1ccccc1)CC(F)(F)F)c1ccc(Br)cc1. The number of carbonyl (C=O) groups excluding carboxylic acids is 1. The lowest BCUT2D eigenvalue weighted by molar-refractivity contribution is -0.140. The first-order valence-electron chi connectivity index (χ1n) is 7.75. The predicted molar refractivity (Wildman–Crippen MR) is 95.2 cm³/mol. The fourth-order valence-electron chi connectivity index (χ4n) is 2.30. The molecule has 0 aliphatic carbocycles. The molecule has 0 bridgehead atoms. The number of alkyl halides is 3. The van der Waals surface area contributed by atoms with E-state index < -0.39 is 18.5 Å². The minimum absolute atomic E-state index is 0.0336. The summed E-state index contributed by atoms with van der Waals surface area (Å²) in [5.41, 5.74) is 1.15. The summed E-state index contributed by atoms with van der Waals surface area (Å²) >= 11 is 3.28. The molecule has 25 heavy (non-hydrogen) atoms. The third-order valence-corrected chi connectivity index (χ3v) is 4.09. The monoisotopic (exact) mass is 408 g/mol. The van der Waals surface area contributed by atoms with E-state index in [4.69, 9.17) is 0 Å². The summed E-state index contributed by atoms with van der Waals surface area (Å²) in [7, 11) is 0. The van der Waals surface area contributed by atoms with Crippen molar-refractivity contribution in [2.24, 2.45) is 5.92 Å². The highest BCUT2D eigenvalue weighted by Crippen LogP contribution is 2.27. The van der Waals surface area contributed by atoms with E-state index >= 15 is 0 Å². The summed E-state index contributed by atoms with van der Waals surface area (Å²) in [4.78, 5) is 12.2. The molecular weight excluding hydrogens is 393 g/mol. The van der Waals surface area contributed by atoms with Gasteiger partial charge in [0.1, 0.15) is 0 Å². The lowest BCUT2D eigenvalue weighted by atomic mass is 9.95. The van der Waals surface area contributed by atoms with Gasteiger partial charge in [0.05, 0.1) is 6.42 Å². The maximum atomic E-state index is 12.8. The van der Waals surface area contributed by atoms with Gasteiger partial charge in [-0.2, -0.15) is 13.2 Å². The lowest BCUT2D eigenvalue weighted by Crippen LogP contribution is -2.15. The number of carbonyl (C=O) groups is 1. The van der Waals surface area contributed by atoms with Crippen LogP contribution in [0.5, 0.6) is 0 Å². The quantitative estimate of drug-likeness (QED) is 0.435. The number of benzene rings is 2. The van der Waals surface area contributed by atoms with Crippen LogP contribution in [-0.2, 0) is 0 Å². The van der Waals surface area contributed by atoms with Crippen LogP contribution in [-0.4, -0.2) is 12.0 Å². The molecule has 1 atom stereocenters. The molecule has 1 unspecified atom stereocenters. The number of rotatable bonds is 5. The molecule has 130 valence electrons. The molecule has 0 aromatic heterocycles. The third-order valence-electron chi connectivity index (χ3n) is 3.56. The van der Waals surface area contributed by atoms with Crippen LogP contribution >= 0.6 is 15.9 Å². The van der Waals surface area contributed by atoms with Crippen molar-refractivity contribution in [2.75, 3.05) is 0 Å². The van der Waals surface area contributed by atoms with Gasteiger partial charge in [-0.05, 0) is 30.7 Å². The molecular formula is C20H16BrF3O. The smallest absolute Gasteiger partial charge is 0.294 e. The number of hydrogen-bond acceptors (Lipinski definition) is 1. The Morgan fingerprint density at radius 3 is 2.28 bits per heavy atom. The summed E-state index contributed by atoms with van der Waals surface area (Å²) in [5, 5.41) is 0. The number of ketones is 1. The summed E-state index contributed by atoms with van der Waals surface area (Å²) in [6.07, 6.45) is -5.21. The minimum atomic E-state index is -4.31. The van der Waals surface area contributed by atoms with E-state index in [0.29, 0.717) is 11.1 Å². The summed E-state index contributed by atoms with van der Waals surface area (Å²) in [6, 6.07) is 15.6. The molecule has 0 aliphatic rings. The Morgan fingerprint density at radius 2 is 1.68 bits per heavy atom. The molecule has 0 saturated heterocycles. The van der Waals surface area contributed by atoms with Crippen LogP contribution in [0.25, 0.3) is 0 Å². The Kier molecular flexibility index (Phi) is 6.83. The van der Waals surface area contributed by atoms with Gasteiger partial charge in [0.2, 0.25) is 0 Å². The molecule has 0 spiro atoms. The van der Waals surface area contributed by atoms with Gasteiger partial charge < -0.3 is 0 Å². The first-order chi connectivity index (χ1) is 11.8. The average molecular weight is 409 g/mol. The second kappa shape index (κ2) is 8.87. The van der Waals surface area contributed by atoms with E-state index in [9.17, 15) is 18.0 Å². The largest absolute Gasteiger partial charge is 0.390 e. The Bertz CT molecular complexity index is 756. The van der Waals surface area contributed by atoms with Gasteiger partial charge in [-0.15, -0.1) is 0 Å². The average Bonchev–Trinajstić information content (AvgIpc) is 2.57. The highest BCUT2D eigenvalue weighted by Gasteiger charge is 2.31. The second-order valence-electron chi connectivity index (χ2n) is 5.62. The number of halogens is 4. The molecule has 0 N–H and O–H groups in total. The first kappa shape index (κ1) is 19.3. The van der Waals surface area contributed by atoms with E-state index in [2.05, 4.69) is 27.8 Å². The van der Waals surface area contributed by atoms with Crippen LogP contribution in [0, 0.1) is 17.8 Å². The Morgan fingerprint density at radius 1 is 1.04 bits per heavy atom. The van der Waals surface area contributed by atoms with Crippen molar-refractivity contribution in [1.82, 2.24) is 0 Å². The molecule has 2 aromatic carbocycles. The highest BCUT2D eigenvalue weighted by molar-refractivity contribution is 9.10. The van der Waals surface area contributed by atoms with Gasteiger partial charge in [0, 0.05) is 27.9 Å². The maximum Gasteiger partial charge on any atom is 0.390 e. The Labute approximate surface area is 153 Å². The van der Waals surface area contributed by atoms with Crippen LogP contribution in [0.4, 0.5) is 13.2 Å². The Balaban J connectivity index is 2.04. The standard InChI is InChI=1S/C20H16BrF3O/c21-18-11-9-17(10-12-18)19(25)13-8-16(14-20(22,23)24)7-6-15-4-2-1-3-5-15/h1-5,9-12,16H,8,13-14H2. The van der Waals surface area contributed by atoms with Crippen molar-refractivity contribution in [1.29, 1.82) is 0 Å². The molecule has 0 aliphatic heterocycles. The molecule has 2 aromatic rings. The van der Waals surface area contributed by atoms with Crippen molar-refractivity contribution in [3.05, 3.63) is 70.2 Å². The van der Waals surface area contributed by atoms with Gasteiger partial charge >= 0.3 is 6.18 Å². The van der Waals surface area contributed by atoms with E-state index in [1.165, 1.54) is 0 Å². The molecule has 0 saturated carbocycles. The molecule has 2 rings (SSSR count). The van der Waals surface area contributed by atoms with Crippen LogP contribution in [0.1, 0.15) is 35.2 Å². The fraction of sp³-hybridized carbons (Fsp3) is 0.250. The number of hydrogen-bond donors (Lipinski definition) is 0. The molecule has 1 nitrogen and oxygen atoms in total. The molecule has 0 heterocycles. The van der Waals surface area contributed by atoms with Gasteiger partial charge in [-0.1, -0.05) is 58.1 Å². The van der Waals surface area contributed by atoms with E-state index in [-0.39, 0.29) is 18.6 Å². The van der Waals surface area contributed by atoms with Crippen LogP contribution in [0.2, 0.25) is 0 Å². The first-order valence-corrected chi connectivity index (χ1v) is 8.55. The van der Waals surface area contributed by atoms with E-state index in [1.807, 2.05) is 6.07 Å². The van der Waals surface area contributed by atoms with Crippen molar-refractivity contribution in [3.8, 4) is 11.8 Å². The van der Waals surface area contributed by atoms with Crippen molar-refractivity contribution >= 4 is 21.7 Å². The molecule has 0 fully saturated rings. The van der Waals surface area contributed by atoms with Crippen molar-refractivity contribution < 1.29 is 18.0 Å². The fourth-order valence-corrected chi connectivity index (χ4v) is 2.56. The Hall–Kier alpha value is -2.06. The van der Waals surface area contributed by atoms with Crippen LogP contribution < -0.4 is 0 Å². The summed E-state index contributed by atoms with van der Waals surface area (Å²) < 4.78 is 39.1. The van der Waals surface area contributed by atoms with Gasteiger partial charge in [0.25, 0.3) is 0 Å². The van der Waals surface area contributed by atoms with Crippen molar-refractivity contribution in [2.45, 2.75) is 25.4 Å². The zero-order chi connectivity index (χ0) is 18.3. The topological polar surface area (TPSA) is 17.1 Å². The van der Waals surface area contributed by atoms with Gasteiger partial charge in [-0.3, -0.25) is 4.79 Å². The predicted octanol–water partition coefficient (Wildman–Crippen LogP) is 6.03. The third kappa shape index (κ3) is 7.15. The summed E-state index contributed by atoms with van der Waals surface area (Å²) in [6.45, 7) is 0. The second-order valence-corrected chi connectivity index (χ2v) is 6.54. The number of Topliss-reactive ketones (excluding diaryl/α,β-unsaturated/α-hetero) is 1. The molecule has 5 heteroatoms. The minimum Gasteiger partial charge on any atom is -0.294 e. The zero-order valence-corrected chi connectivity index (χ0v) is 14.9. The highest BCUT2D eigenvalue weighted by atomic mass is 79.9. The lowest BCUT2D eigenvalue weighted by Gasteiger charge is -2.13. The molecule has 0 radical (unpaired) electrons. The summed E-state index contributed by atoms with van der Waals surface area (Å²) in [5.74, 6) is 4.37. The van der Waals surface area contributed by atoms with Gasteiger partial charge in [-0.25, -0.2) is 0 Å². The van der Waals surface area contributed by atoms with E-state index in [1.54, 1.807) is 48.5 Å². The van der Waals surface area contributed by atoms with E-state index in [0.717, 1.165) is 4.47 Å². The molecule has 0 amide bonds. The van der Waals surface area contributed by atoms with Crippen molar-refractivity contribution in [3.63, 3.8) is 0 Å².